The molecule has 1 saturated carbocycles. The number of rotatable bonds is 5. The van der Waals surface area contributed by atoms with E-state index in [1.54, 1.807) is 11.3 Å². The molecule has 8 heteroatoms. The predicted molar refractivity (Wildman–Crippen MR) is 140 cm³/mol. The number of imidazole rings is 1. The van der Waals surface area contributed by atoms with Crippen LogP contribution in [-0.2, 0) is 0 Å². The van der Waals surface area contributed by atoms with E-state index in [1.807, 2.05) is 6.33 Å². The Balaban J connectivity index is 1.39. The van der Waals surface area contributed by atoms with Crippen LogP contribution >= 0.6 is 11.3 Å². The second kappa shape index (κ2) is 8.82. The predicted octanol–water partition coefficient (Wildman–Crippen LogP) is 4.89. The number of benzene rings is 1. The third-order valence-corrected chi connectivity index (χ3v) is 8.77. The van der Waals surface area contributed by atoms with Gasteiger partial charge in [0.25, 0.3) is 5.56 Å². The van der Waals surface area contributed by atoms with Gasteiger partial charge in [0, 0.05) is 25.7 Å². The lowest BCUT2D eigenvalue weighted by molar-refractivity contribution is 0.340. The van der Waals surface area contributed by atoms with E-state index < -0.39 is 0 Å². The van der Waals surface area contributed by atoms with Gasteiger partial charge in [-0.05, 0) is 57.0 Å². The first-order valence-electron chi connectivity index (χ1n) is 12.5. The molecule has 0 spiro atoms. The van der Waals surface area contributed by atoms with Crippen LogP contribution in [0.15, 0.2) is 35.6 Å². The zero-order chi connectivity index (χ0) is 23.2. The number of hydrogen-bond donors (Lipinski definition) is 1. The Bertz CT molecular complexity index is 1380. The third kappa shape index (κ3) is 3.82. The van der Waals surface area contributed by atoms with Crippen LogP contribution in [0, 0.1) is 5.92 Å². The Morgan fingerprint density at radius 3 is 2.82 bits per heavy atom. The maximum Gasteiger partial charge on any atom is 0.261 e. The van der Waals surface area contributed by atoms with Crippen molar-refractivity contribution in [2.45, 2.75) is 44.6 Å². The van der Waals surface area contributed by atoms with Crippen LogP contribution in [0.5, 0.6) is 0 Å². The molecule has 7 nitrogen and oxygen atoms in total. The van der Waals surface area contributed by atoms with Gasteiger partial charge in [0.1, 0.15) is 10.4 Å². The Morgan fingerprint density at radius 2 is 2.00 bits per heavy atom. The topological polar surface area (TPSA) is 70.0 Å². The quantitative estimate of drug-likeness (QED) is 0.444. The van der Waals surface area contributed by atoms with Gasteiger partial charge in [0.15, 0.2) is 0 Å². The first kappa shape index (κ1) is 21.8. The van der Waals surface area contributed by atoms with Crippen molar-refractivity contribution in [3.8, 4) is 10.4 Å². The molecule has 1 atom stereocenters. The minimum Gasteiger partial charge on any atom is -0.362 e. The fourth-order valence-electron chi connectivity index (χ4n) is 5.89. The average molecular weight is 477 g/mol. The molecule has 4 heterocycles. The summed E-state index contributed by atoms with van der Waals surface area (Å²) in [6.07, 6.45) is 11.1. The molecular weight excluding hydrogens is 444 g/mol. The number of thiophene rings is 1. The zero-order valence-corrected chi connectivity index (χ0v) is 20.8. The SMILES string of the molecule is CN(C)CC1CCN(c2sc(-c3ccc4c(c3)ncn4C3CCCCC3)c3nc[nH]c(=O)c23)C1. The van der Waals surface area contributed by atoms with Crippen molar-refractivity contribution in [2.24, 2.45) is 5.92 Å². The van der Waals surface area contributed by atoms with Crippen molar-refractivity contribution in [3.63, 3.8) is 0 Å². The molecule has 4 aromatic rings. The highest BCUT2D eigenvalue weighted by Crippen LogP contribution is 2.43. The molecule has 2 aliphatic rings. The van der Waals surface area contributed by atoms with Gasteiger partial charge in [-0.1, -0.05) is 25.3 Å². The molecule has 1 N–H and O–H groups in total. The molecule has 1 unspecified atom stereocenters. The van der Waals surface area contributed by atoms with Gasteiger partial charge < -0.3 is 19.4 Å². The number of nitrogens with zero attached hydrogens (tertiary/aromatic N) is 5. The summed E-state index contributed by atoms with van der Waals surface area (Å²) >= 11 is 1.70. The van der Waals surface area contributed by atoms with E-state index in [0.717, 1.165) is 57.9 Å². The maximum atomic E-state index is 12.9. The van der Waals surface area contributed by atoms with Crippen LogP contribution in [0.3, 0.4) is 0 Å². The van der Waals surface area contributed by atoms with E-state index in [1.165, 1.54) is 43.9 Å². The molecule has 0 amide bonds. The summed E-state index contributed by atoms with van der Waals surface area (Å²) in [5.74, 6) is 0.617. The first-order chi connectivity index (χ1) is 16.6. The van der Waals surface area contributed by atoms with Crippen molar-refractivity contribution < 1.29 is 0 Å². The molecule has 3 aromatic heterocycles. The van der Waals surface area contributed by atoms with Crippen molar-refractivity contribution in [1.29, 1.82) is 0 Å². The second-order valence-electron chi connectivity index (χ2n) is 10.2. The number of anilines is 1. The van der Waals surface area contributed by atoms with Crippen molar-refractivity contribution in [1.82, 2.24) is 24.4 Å². The second-order valence-corrected chi connectivity index (χ2v) is 11.2. The summed E-state index contributed by atoms with van der Waals surface area (Å²) in [5, 5.41) is 1.77. The molecule has 0 radical (unpaired) electrons. The number of nitrogens with one attached hydrogen (secondary N) is 1. The fraction of sp³-hybridized carbons (Fsp3) is 0.500. The maximum absolute atomic E-state index is 12.9. The van der Waals surface area contributed by atoms with E-state index in [-0.39, 0.29) is 5.56 Å². The Hall–Kier alpha value is -2.71. The molecular formula is C26H32N6OS. The zero-order valence-electron chi connectivity index (χ0n) is 20.0. The van der Waals surface area contributed by atoms with E-state index in [9.17, 15) is 4.79 Å². The molecule has 178 valence electrons. The van der Waals surface area contributed by atoms with Crippen LogP contribution < -0.4 is 10.5 Å². The normalized spacial score (nSPS) is 19.7. The standard InChI is InChI=1S/C26H32N6OS/c1-30(2)13-17-10-11-31(14-17)26-22-23(27-15-28-25(22)33)24(34-26)18-8-9-21-20(12-18)29-16-32(21)19-6-4-3-5-7-19/h8-9,12,15-17,19H,3-7,10-11,13-14H2,1-2H3,(H,27,28,33). The van der Waals surface area contributed by atoms with Crippen LogP contribution in [0.2, 0.25) is 0 Å². The molecule has 6 rings (SSSR count). The van der Waals surface area contributed by atoms with E-state index >= 15 is 0 Å². The number of fused-ring (bicyclic) bond motifs is 2. The number of aromatic amines is 1. The number of aromatic nitrogens is 4. The summed E-state index contributed by atoms with van der Waals surface area (Å²) in [4.78, 5) is 30.8. The van der Waals surface area contributed by atoms with E-state index in [0.29, 0.717) is 12.0 Å². The summed E-state index contributed by atoms with van der Waals surface area (Å²) in [6.45, 7) is 3.03. The van der Waals surface area contributed by atoms with Gasteiger partial charge in [-0.15, -0.1) is 11.3 Å². The molecule has 34 heavy (non-hydrogen) atoms. The monoisotopic (exact) mass is 476 g/mol. The van der Waals surface area contributed by atoms with Gasteiger partial charge in [-0.25, -0.2) is 9.97 Å². The highest BCUT2D eigenvalue weighted by atomic mass is 32.1. The Labute approximate surface area is 203 Å². The molecule has 2 fully saturated rings. The van der Waals surface area contributed by atoms with Crippen LogP contribution in [0.4, 0.5) is 5.00 Å². The molecule has 1 aliphatic carbocycles. The summed E-state index contributed by atoms with van der Waals surface area (Å²) in [5.41, 5.74) is 4.05. The lowest BCUT2D eigenvalue weighted by Crippen LogP contribution is -2.25. The van der Waals surface area contributed by atoms with Gasteiger partial charge in [-0.3, -0.25) is 4.79 Å². The Morgan fingerprint density at radius 1 is 1.15 bits per heavy atom. The summed E-state index contributed by atoms with van der Waals surface area (Å²) < 4.78 is 2.37. The van der Waals surface area contributed by atoms with Gasteiger partial charge in [0.2, 0.25) is 0 Å². The Kier molecular flexibility index (Phi) is 5.65. The lowest BCUT2D eigenvalue weighted by Gasteiger charge is -2.23. The summed E-state index contributed by atoms with van der Waals surface area (Å²) in [6, 6.07) is 7.11. The molecule has 1 saturated heterocycles. The molecule has 1 aromatic carbocycles. The van der Waals surface area contributed by atoms with Crippen LogP contribution in [0.25, 0.3) is 32.4 Å². The fourth-order valence-corrected chi connectivity index (χ4v) is 7.17. The summed E-state index contributed by atoms with van der Waals surface area (Å²) in [7, 11) is 4.25. The average Bonchev–Trinajstić information content (AvgIpc) is 3.56. The number of hydrogen-bond acceptors (Lipinski definition) is 6. The van der Waals surface area contributed by atoms with Crippen LogP contribution in [-0.4, -0.2) is 58.1 Å². The lowest BCUT2D eigenvalue weighted by atomic mass is 9.95. The van der Waals surface area contributed by atoms with Gasteiger partial charge in [0.05, 0.1) is 34.1 Å². The van der Waals surface area contributed by atoms with Crippen molar-refractivity contribution >= 4 is 38.3 Å². The van der Waals surface area contributed by atoms with Crippen molar-refractivity contribution in [2.75, 3.05) is 38.6 Å². The van der Waals surface area contributed by atoms with E-state index in [4.69, 9.17) is 4.98 Å². The highest BCUT2D eigenvalue weighted by Gasteiger charge is 2.28. The van der Waals surface area contributed by atoms with E-state index in [2.05, 4.69) is 56.6 Å². The molecule has 0 bridgehead atoms. The van der Waals surface area contributed by atoms with Crippen molar-refractivity contribution in [3.05, 3.63) is 41.2 Å². The third-order valence-electron chi connectivity index (χ3n) is 7.48. The largest absolute Gasteiger partial charge is 0.362 e. The van der Waals surface area contributed by atoms with Gasteiger partial charge in [-0.2, -0.15) is 0 Å². The number of H-pyrrole nitrogens is 1. The minimum absolute atomic E-state index is 0.0544. The van der Waals surface area contributed by atoms with Gasteiger partial charge >= 0.3 is 0 Å². The molecule has 1 aliphatic heterocycles. The van der Waals surface area contributed by atoms with Crippen LogP contribution in [0.1, 0.15) is 44.6 Å². The smallest absolute Gasteiger partial charge is 0.261 e. The first-order valence-corrected chi connectivity index (χ1v) is 13.3. The minimum atomic E-state index is -0.0544. The highest BCUT2D eigenvalue weighted by molar-refractivity contribution is 7.21.